The average molecular weight is 484 g/mol. The van der Waals surface area contributed by atoms with Crippen LogP contribution in [-0.2, 0) is 12.7 Å². The summed E-state index contributed by atoms with van der Waals surface area (Å²) in [6, 6.07) is 2.75. The summed E-state index contributed by atoms with van der Waals surface area (Å²) in [6.45, 7) is -0.360. The molecule has 13 heteroatoms. The second kappa shape index (κ2) is 9.28. The Bertz CT molecular complexity index is 967. The predicted molar refractivity (Wildman–Crippen MR) is 103 cm³/mol. The van der Waals surface area contributed by atoms with Gasteiger partial charge in [-0.2, -0.15) is 18.3 Å². The van der Waals surface area contributed by atoms with E-state index in [2.05, 4.69) is 15.4 Å². The number of nitrogens with one attached hydrogen (secondary N) is 1. The zero-order valence-electron chi connectivity index (χ0n) is 16.7. The van der Waals surface area contributed by atoms with Crippen molar-refractivity contribution in [3.63, 3.8) is 0 Å². The fraction of sp³-hybridized carbons (Fsp3) is 0.526. The molecule has 0 aromatic carbocycles. The van der Waals surface area contributed by atoms with Crippen LogP contribution in [0.25, 0.3) is 0 Å². The molecular weight excluding hydrogens is 465 g/mol. The van der Waals surface area contributed by atoms with Gasteiger partial charge in [0, 0.05) is 31.3 Å². The Labute approximate surface area is 182 Å². The summed E-state index contributed by atoms with van der Waals surface area (Å²) >= 11 is 1.23. The second-order valence-electron chi connectivity index (χ2n) is 7.43. The second-order valence-corrected chi connectivity index (χ2v) is 8.26. The molecule has 2 aromatic rings. The average Bonchev–Trinajstić information content (AvgIpc) is 3.10. The molecule has 3 rings (SSSR count). The van der Waals surface area contributed by atoms with Gasteiger partial charge in [-0.15, -0.1) is 11.8 Å². The van der Waals surface area contributed by atoms with E-state index in [4.69, 9.17) is 0 Å². The molecule has 0 spiro atoms. The van der Waals surface area contributed by atoms with Crippen molar-refractivity contribution in [2.24, 2.45) is 5.92 Å². The maximum atomic E-state index is 13.7. The first-order valence-corrected chi connectivity index (χ1v) is 10.8. The van der Waals surface area contributed by atoms with Gasteiger partial charge >= 0.3 is 6.18 Å². The van der Waals surface area contributed by atoms with Gasteiger partial charge in [0.05, 0.1) is 5.03 Å². The summed E-state index contributed by atoms with van der Waals surface area (Å²) in [4.78, 5) is 16.8. The van der Waals surface area contributed by atoms with E-state index in [1.807, 2.05) is 0 Å². The number of carbonyl (C=O) groups excluding carboxylic acids is 1. The molecule has 1 saturated carbocycles. The highest BCUT2D eigenvalue weighted by Crippen LogP contribution is 2.41. The van der Waals surface area contributed by atoms with Crippen molar-refractivity contribution in [3.8, 4) is 0 Å². The van der Waals surface area contributed by atoms with E-state index in [0.717, 1.165) is 0 Å². The number of anilines is 1. The minimum atomic E-state index is -5.28. The van der Waals surface area contributed by atoms with Gasteiger partial charge in [0.15, 0.2) is 0 Å². The van der Waals surface area contributed by atoms with Crippen molar-refractivity contribution >= 4 is 23.4 Å². The van der Waals surface area contributed by atoms with Gasteiger partial charge in [-0.05, 0) is 37.1 Å². The molecule has 2 heterocycles. The van der Waals surface area contributed by atoms with Crippen LogP contribution in [0.15, 0.2) is 23.4 Å². The van der Waals surface area contributed by atoms with Crippen LogP contribution in [0.5, 0.6) is 0 Å². The molecule has 2 aromatic heterocycles. The first kappa shape index (κ1) is 24.3. The molecule has 5 nitrogen and oxygen atoms in total. The smallest absolute Gasteiger partial charge is 0.321 e. The maximum absolute atomic E-state index is 13.7. The van der Waals surface area contributed by atoms with Crippen LogP contribution >= 0.6 is 11.8 Å². The number of carbonyl (C=O) groups is 1. The van der Waals surface area contributed by atoms with Crippen LogP contribution in [-0.4, -0.2) is 32.8 Å². The Morgan fingerprint density at radius 3 is 2.53 bits per heavy atom. The molecule has 1 amide bonds. The predicted octanol–water partition coefficient (Wildman–Crippen LogP) is 6.03. The molecule has 0 saturated heterocycles. The number of hydrogen-bond donors (Lipinski definition) is 1. The van der Waals surface area contributed by atoms with E-state index in [0.29, 0.717) is 9.71 Å². The van der Waals surface area contributed by atoms with Gasteiger partial charge in [-0.25, -0.2) is 22.5 Å². The minimum absolute atomic E-state index is 0.0271. The lowest BCUT2D eigenvalue weighted by Crippen LogP contribution is -2.29. The van der Waals surface area contributed by atoms with Crippen molar-refractivity contribution in [2.75, 3.05) is 11.6 Å². The molecule has 0 aliphatic heterocycles. The number of rotatable bonds is 6. The molecule has 0 unspecified atom stereocenters. The largest absolute Gasteiger partial charge is 0.420 e. The summed E-state index contributed by atoms with van der Waals surface area (Å²) in [7, 11) is 0. The van der Waals surface area contributed by atoms with Gasteiger partial charge in [-0.1, -0.05) is 0 Å². The standard InChI is InChI=1S/C19H19F7N4OS/c1-32-12-8-11(4-7-27-12)28-17(31)15-13(19(24,25)26)14(16(20)21)29-30(15)9-10-2-5-18(22,23)6-3-10/h4,7-8,10,16H,2-3,5-6,9H2,1H3,(H,27,28,31). The van der Waals surface area contributed by atoms with Crippen LogP contribution in [0.1, 0.15) is 53.9 Å². The minimum Gasteiger partial charge on any atom is -0.321 e. The Morgan fingerprint density at radius 2 is 1.97 bits per heavy atom. The third-order valence-electron chi connectivity index (χ3n) is 5.15. The number of pyridine rings is 1. The molecule has 0 radical (unpaired) electrons. The molecule has 176 valence electrons. The fourth-order valence-corrected chi connectivity index (χ4v) is 4.00. The Morgan fingerprint density at radius 1 is 1.31 bits per heavy atom. The Balaban J connectivity index is 1.99. The van der Waals surface area contributed by atoms with Crippen molar-refractivity contribution in [2.45, 2.75) is 55.8 Å². The molecule has 0 atom stereocenters. The fourth-order valence-electron chi connectivity index (χ4n) is 3.59. The van der Waals surface area contributed by atoms with Crippen molar-refractivity contribution < 1.29 is 35.5 Å². The Hall–Kier alpha value is -2.31. The monoisotopic (exact) mass is 484 g/mol. The normalized spacial score (nSPS) is 17.0. The number of nitrogens with zero attached hydrogens (tertiary/aromatic N) is 3. The van der Waals surface area contributed by atoms with Gasteiger partial charge in [0.1, 0.15) is 17.0 Å². The molecular formula is C19H19F7N4OS. The Kier molecular flexibility index (Phi) is 7.06. The van der Waals surface area contributed by atoms with Crippen LogP contribution < -0.4 is 5.32 Å². The molecule has 1 aliphatic carbocycles. The summed E-state index contributed by atoms with van der Waals surface area (Å²) in [6.07, 6.45) is -6.82. The van der Waals surface area contributed by atoms with E-state index in [-0.39, 0.29) is 25.1 Å². The van der Waals surface area contributed by atoms with Gasteiger partial charge in [0.2, 0.25) is 5.92 Å². The first-order chi connectivity index (χ1) is 14.9. The summed E-state index contributed by atoms with van der Waals surface area (Å²) < 4.78 is 95.3. The van der Waals surface area contributed by atoms with Crippen LogP contribution in [0, 0.1) is 5.92 Å². The zero-order chi connectivity index (χ0) is 23.7. The van der Waals surface area contributed by atoms with Gasteiger partial charge in [0.25, 0.3) is 12.3 Å². The van der Waals surface area contributed by atoms with Crippen LogP contribution in [0.2, 0.25) is 0 Å². The van der Waals surface area contributed by atoms with Gasteiger partial charge < -0.3 is 5.32 Å². The molecule has 1 aliphatic rings. The summed E-state index contributed by atoms with van der Waals surface area (Å²) in [5.74, 6) is -4.68. The molecule has 1 N–H and O–H groups in total. The molecule has 32 heavy (non-hydrogen) atoms. The van der Waals surface area contributed by atoms with E-state index >= 15 is 0 Å². The zero-order valence-corrected chi connectivity index (χ0v) is 17.5. The van der Waals surface area contributed by atoms with E-state index < -0.39 is 60.1 Å². The first-order valence-electron chi connectivity index (χ1n) is 9.56. The van der Waals surface area contributed by atoms with Crippen molar-refractivity contribution in [1.29, 1.82) is 0 Å². The third-order valence-corrected chi connectivity index (χ3v) is 5.80. The van der Waals surface area contributed by atoms with Gasteiger partial charge in [-0.3, -0.25) is 9.48 Å². The lowest BCUT2D eigenvalue weighted by molar-refractivity contribution is -0.139. The number of alkyl halides is 7. The highest BCUT2D eigenvalue weighted by atomic mass is 32.2. The molecule has 1 fully saturated rings. The van der Waals surface area contributed by atoms with Crippen LogP contribution in [0.3, 0.4) is 0 Å². The number of aromatic nitrogens is 3. The third kappa shape index (κ3) is 5.54. The lowest BCUT2D eigenvalue weighted by Gasteiger charge is -2.28. The number of halogens is 7. The summed E-state index contributed by atoms with van der Waals surface area (Å²) in [5.41, 5.74) is -4.35. The van der Waals surface area contributed by atoms with E-state index in [1.54, 1.807) is 6.26 Å². The van der Waals surface area contributed by atoms with E-state index in [1.165, 1.54) is 30.1 Å². The maximum Gasteiger partial charge on any atom is 0.420 e. The summed E-state index contributed by atoms with van der Waals surface area (Å²) in [5, 5.41) is 6.13. The van der Waals surface area contributed by atoms with Crippen molar-refractivity contribution in [3.05, 3.63) is 35.3 Å². The number of amides is 1. The topological polar surface area (TPSA) is 59.8 Å². The highest BCUT2D eigenvalue weighted by Gasteiger charge is 2.45. The quantitative estimate of drug-likeness (QED) is 0.402. The van der Waals surface area contributed by atoms with Crippen LogP contribution in [0.4, 0.5) is 36.4 Å². The molecule has 0 bridgehead atoms. The number of hydrogen-bond acceptors (Lipinski definition) is 4. The SMILES string of the molecule is CSc1cc(NC(=O)c2c(C(F)(F)F)c(C(F)F)nn2CC2CCC(F)(F)CC2)ccn1. The van der Waals surface area contributed by atoms with E-state index in [9.17, 15) is 35.5 Å². The lowest BCUT2D eigenvalue weighted by atomic mass is 9.87. The number of thioether (sulfide) groups is 1. The van der Waals surface area contributed by atoms with Crippen molar-refractivity contribution in [1.82, 2.24) is 14.8 Å². The highest BCUT2D eigenvalue weighted by molar-refractivity contribution is 7.98.